The van der Waals surface area contributed by atoms with Gasteiger partial charge in [0.05, 0.1) is 5.56 Å². The predicted octanol–water partition coefficient (Wildman–Crippen LogP) is 5.71. The standard InChI is InChI=1S/C23H18O4S/c1-14(2)16-7-5-15(6-8-16)12-20-22(24)18-10-9-17(13-19(18)27-20)26-23(25)21-4-3-11-28-21/h3-14H,1-2H3. The third kappa shape index (κ3) is 3.62. The molecule has 0 saturated heterocycles. The van der Waals surface area contributed by atoms with E-state index in [1.807, 2.05) is 29.6 Å². The van der Waals surface area contributed by atoms with Gasteiger partial charge in [-0.25, -0.2) is 4.79 Å². The zero-order chi connectivity index (χ0) is 19.7. The Bertz CT molecular complexity index is 1060. The Morgan fingerprint density at radius 2 is 1.89 bits per heavy atom. The summed E-state index contributed by atoms with van der Waals surface area (Å²) in [6, 6.07) is 16.3. The third-order valence-electron chi connectivity index (χ3n) is 4.48. The summed E-state index contributed by atoms with van der Waals surface area (Å²) in [6.45, 7) is 4.27. The Morgan fingerprint density at radius 1 is 1.11 bits per heavy atom. The fraction of sp³-hybridized carbons (Fsp3) is 0.130. The Kier molecular flexibility index (Phi) is 4.84. The number of allylic oxidation sites excluding steroid dienone is 1. The molecule has 0 amide bonds. The van der Waals surface area contributed by atoms with Gasteiger partial charge in [-0.15, -0.1) is 11.3 Å². The lowest BCUT2D eigenvalue weighted by Crippen LogP contribution is -2.06. The first kappa shape index (κ1) is 18.2. The topological polar surface area (TPSA) is 52.6 Å². The van der Waals surface area contributed by atoms with Gasteiger partial charge in [-0.2, -0.15) is 0 Å². The number of rotatable bonds is 4. The van der Waals surface area contributed by atoms with Crippen LogP contribution in [0.3, 0.4) is 0 Å². The molecule has 140 valence electrons. The molecule has 0 spiro atoms. The molecular weight excluding hydrogens is 372 g/mol. The van der Waals surface area contributed by atoms with Crippen molar-refractivity contribution >= 4 is 29.2 Å². The number of thiophene rings is 1. The minimum absolute atomic E-state index is 0.181. The van der Waals surface area contributed by atoms with Gasteiger partial charge in [0.15, 0.2) is 5.76 Å². The molecule has 0 radical (unpaired) electrons. The van der Waals surface area contributed by atoms with Crippen LogP contribution in [-0.4, -0.2) is 11.8 Å². The molecule has 1 aliphatic rings. The lowest BCUT2D eigenvalue weighted by atomic mass is 10.0. The number of hydrogen-bond acceptors (Lipinski definition) is 5. The highest BCUT2D eigenvalue weighted by atomic mass is 32.1. The molecule has 3 aromatic rings. The van der Waals surface area contributed by atoms with E-state index < -0.39 is 5.97 Å². The molecule has 5 heteroatoms. The summed E-state index contributed by atoms with van der Waals surface area (Å²) < 4.78 is 11.1. The van der Waals surface area contributed by atoms with Crippen molar-refractivity contribution in [2.45, 2.75) is 19.8 Å². The van der Waals surface area contributed by atoms with E-state index in [1.165, 1.54) is 16.9 Å². The molecule has 0 atom stereocenters. The minimum atomic E-state index is -0.430. The second-order valence-electron chi connectivity index (χ2n) is 6.79. The number of ether oxygens (including phenoxy) is 2. The summed E-state index contributed by atoms with van der Waals surface area (Å²) >= 11 is 1.31. The van der Waals surface area contributed by atoms with Gasteiger partial charge >= 0.3 is 5.97 Å². The average Bonchev–Trinajstić information content (AvgIpc) is 3.31. The lowest BCUT2D eigenvalue weighted by Gasteiger charge is -2.05. The summed E-state index contributed by atoms with van der Waals surface area (Å²) in [4.78, 5) is 25.2. The first-order chi connectivity index (χ1) is 13.5. The van der Waals surface area contributed by atoms with Gasteiger partial charge < -0.3 is 9.47 Å². The molecular formula is C23H18O4S. The fourth-order valence-electron chi connectivity index (χ4n) is 2.91. The number of hydrogen-bond donors (Lipinski definition) is 0. The van der Waals surface area contributed by atoms with E-state index in [2.05, 4.69) is 13.8 Å². The van der Waals surface area contributed by atoms with Crippen LogP contribution in [0.4, 0.5) is 0 Å². The van der Waals surface area contributed by atoms with E-state index >= 15 is 0 Å². The molecule has 0 N–H and O–H groups in total. The highest BCUT2D eigenvalue weighted by molar-refractivity contribution is 7.12. The molecule has 0 aliphatic carbocycles. The van der Waals surface area contributed by atoms with E-state index in [0.717, 1.165) is 5.56 Å². The zero-order valence-electron chi connectivity index (χ0n) is 15.5. The summed E-state index contributed by atoms with van der Waals surface area (Å²) in [6.07, 6.45) is 1.73. The van der Waals surface area contributed by atoms with E-state index in [4.69, 9.17) is 9.47 Å². The van der Waals surface area contributed by atoms with Crippen molar-refractivity contribution in [1.29, 1.82) is 0 Å². The average molecular weight is 390 g/mol. The van der Waals surface area contributed by atoms with Crippen molar-refractivity contribution in [3.05, 3.63) is 87.3 Å². The van der Waals surface area contributed by atoms with Crippen LogP contribution in [0.2, 0.25) is 0 Å². The maximum Gasteiger partial charge on any atom is 0.353 e. The SMILES string of the molecule is CC(C)c1ccc(C=C2Oc3cc(OC(=O)c4cccs4)ccc3C2=O)cc1. The minimum Gasteiger partial charge on any atom is -0.452 e. The number of carbonyl (C=O) groups is 2. The maximum atomic E-state index is 12.6. The highest BCUT2D eigenvalue weighted by Gasteiger charge is 2.28. The highest BCUT2D eigenvalue weighted by Crippen LogP contribution is 2.35. The van der Waals surface area contributed by atoms with E-state index in [1.54, 1.807) is 36.4 Å². The van der Waals surface area contributed by atoms with Gasteiger partial charge in [-0.3, -0.25) is 4.79 Å². The Hall–Kier alpha value is -3.18. The Balaban J connectivity index is 1.53. The number of benzene rings is 2. The van der Waals surface area contributed by atoms with Gasteiger partial charge in [0.2, 0.25) is 5.78 Å². The first-order valence-corrected chi connectivity index (χ1v) is 9.83. The summed E-state index contributed by atoms with van der Waals surface area (Å²) in [7, 11) is 0. The van der Waals surface area contributed by atoms with Gasteiger partial charge in [-0.1, -0.05) is 44.2 Å². The number of Topliss-reactive ketones (excluding diaryl/α,β-unsaturated/α-hetero) is 1. The summed E-state index contributed by atoms with van der Waals surface area (Å²) in [5.74, 6) is 0.832. The molecule has 0 saturated carbocycles. The van der Waals surface area contributed by atoms with E-state index in [0.29, 0.717) is 27.9 Å². The summed E-state index contributed by atoms with van der Waals surface area (Å²) in [5.41, 5.74) is 2.59. The normalized spacial score (nSPS) is 14.2. The van der Waals surface area contributed by atoms with Crippen LogP contribution in [0.25, 0.3) is 6.08 Å². The smallest absolute Gasteiger partial charge is 0.353 e. The predicted molar refractivity (Wildman–Crippen MR) is 109 cm³/mol. The maximum absolute atomic E-state index is 12.6. The second-order valence-corrected chi connectivity index (χ2v) is 7.73. The number of esters is 1. The van der Waals surface area contributed by atoms with Crippen LogP contribution < -0.4 is 9.47 Å². The molecule has 4 rings (SSSR count). The summed E-state index contributed by atoms with van der Waals surface area (Å²) in [5, 5.41) is 1.81. The molecule has 0 fully saturated rings. The first-order valence-electron chi connectivity index (χ1n) is 8.95. The molecule has 1 aliphatic heterocycles. The van der Waals surface area contributed by atoms with E-state index in [9.17, 15) is 9.59 Å². The molecule has 28 heavy (non-hydrogen) atoms. The second kappa shape index (κ2) is 7.44. The van der Waals surface area contributed by atoms with Crippen LogP contribution in [0.1, 0.15) is 50.9 Å². The van der Waals surface area contributed by atoms with Crippen LogP contribution in [-0.2, 0) is 0 Å². The van der Waals surface area contributed by atoms with Crippen molar-refractivity contribution in [3.63, 3.8) is 0 Å². The number of carbonyl (C=O) groups excluding carboxylic acids is 2. The van der Waals surface area contributed by atoms with Crippen molar-refractivity contribution in [1.82, 2.24) is 0 Å². The lowest BCUT2D eigenvalue weighted by molar-refractivity contribution is 0.0739. The van der Waals surface area contributed by atoms with E-state index in [-0.39, 0.29) is 11.5 Å². The van der Waals surface area contributed by atoms with Gasteiger partial charge in [0.1, 0.15) is 16.4 Å². The molecule has 0 bridgehead atoms. The molecule has 2 aromatic carbocycles. The van der Waals surface area contributed by atoms with Crippen molar-refractivity contribution in [2.24, 2.45) is 0 Å². The largest absolute Gasteiger partial charge is 0.452 e. The molecule has 2 heterocycles. The van der Waals surface area contributed by atoms with Crippen molar-refractivity contribution in [2.75, 3.05) is 0 Å². The Morgan fingerprint density at radius 3 is 2.57 bits per heavy atom. The zero-order valence-corrected chi connectivity index (χ0v) is 16.3. The number of fused-ring (bicyclic) bond motifs is 1. The van der Waals surface area contributed by atoms with Crippen LogP contribution in [0.5, 0.6) is 11.5 Å². The number of ketones is 1. The quantitative estimate of drug-likeness (QED) is 0.325. The van der Waals surface area contributed by atoms with Gasteiger partial charge in [0, 0.05) is 6.07 Å². The molecule has 4 nitrogen and oxygen atoms in total. The van der Waals surface area contributed by atoms with Crippen LogP contribution in [0, 0.1) is 0 Å². The third-order valence-corrected chi connectivity index (χ3v) is 5.33. The Labute approximate surface area is 167 Å². The van der Waals surface area contributed by atoms with Crippen molar-refractivity contribution < 1.29 is 19.1 Å². The van der Waals surface area contributed by atoms with Crippen LogP contribution in [0.15, 0.2) is 65.7 Å². The van der Waals surface area contributed by atoms with Crippen LogP contribution >= 0.6 is 11.3 Å². The van der Waals surface area contributed by atoms with Gasteiger partial charge in [-0.05, 0) is 46.7 Å². The van der Waals surface area contributed by atoms with Crippen molar-refractivity contribution in [3.8, 4) is 11.5 Å². The fourth-order valence-corrected chi connectivity index (χ4v) is 3.51. The monoisotopic (exact) mass is 390 g/mol. The molecule has 1 aromatic heterocycles. The molecule has 0 unspecified atom stereocenters. The van der Waals surface area contributed by atoms with Gasteiger partial charge in [0.25, 0.3) is 0 Å².